The highest BCUT2D eigenvalue weighted by Gasteiger charge is 2.60. The molecule has 0 saturated carbocycles. The summed E-state index contributed by atoms with van der Waals surface area (Å²) >= 11 is 0. The number of imide groups is 1. The summed E-state index contributed by atoms with van der Waals surface area (Å²) in [5.41, 5.74) is 3.08. The molecule has 3 amide bonds. The van der Waals surface area contributed by atoms with Crippen molar-refractivity contribution in [3.05, 3.63) is 53.3 Å². The zero-order valence-electron chi connectivity index (χ0n) is 19.8. The van der Waals surface area contributed by atoms with E-state index < -0.39 is 5.54 Å². The molecular formula is C26H32N4O4. The highest BCUT2D eigenvalue weighted by atomic mass is 16.5. The lowest BCUT2D eigenvalue weighted by Crippen LogP contribution is -2.53. The maximum Gasteiger partial charge on any atom is 0.328 e. The molecule has 0 spiro atoms. The van der Waals surface area contributed by atoms with Gasteiger partial charge in [-0.25, -0.2) is 4.79 Å². The number of benzene rings is 1. The number of urea groups is 1. The van der Waals surface area contributed by atoms with E-state index in [2.05, 4.69) is 28.5 Å². The Balaban J connectivity index is 1.61. The fourth-order valence-electron chi connectivity index (χ4n) is 5.52. The molecule has 2 atom stereocenters. The largest absolute Gasteiger partial charge is 0.494 e. The number of nitrogens with zero attached hydrogens (tertiary/aromatic N) is 2. The van der Waals surface area contributed by atoms with Crippen LogP contribution in [-0.4, -0.2) is 70.2 Å². The summed E-state index contributed by atoms with van der Waals surface area (Å²) in [7, 11) is 0. The van der Waals surface area contributed by atoms with Gasteiger partial charge in [0.25, 0.3) is 5.91 Å². The van der Waals surface area contributed by atoms with Crippen LogP contribution in [0.15, 0.2) is 42.0 Å². The predicted octanol–water partition coefficient (Wildman–Crippen LogP) is 3.05. The molecule has 180 valence electrons. The van der Waals surface area contributed by atoms with Crippen molar-refractivity contribution in [1.82, 2.24) is 20.1 Å². The molecule has 3 heterocycles. The van der Waals surface area contributed by atoms with Crippen LogP contribution in [0.3, 0.4) is 0 Å². The highest BCUT2D eigenvalue weighted by Crippen LogP contribution is 2.49. The van der Waals surface area contributed by atoms with Crippen LogP contribution < -0.4 is 10.1 Å². The van der Waals surface area contributed by atoms with Crippen molar-refractivity contribution in [3.63, 3.8) is 0 Å². The molecule has 2 aromatic rings. The van der Waals surface area contributed by atoms with E-state index in [1.165, 1.54) is 4.90 Å². The minimum absolute atomic E-state index is 0.0136. The van der Waals surface area contributed by atoms with Gasteiger partial charge in [0.1, 0.15) is 11.3 Å². The fraction of sp³-hybridized carbons (Fsp3) is 0.462. The minimum Gasteiger partial charge on any atom is -0.494 e. The maximum atomic E-state index is 13.7. The van der Waals surface area contributed by atoms with Gasteiger partial charge in [0, 0.05) is 42.7 Å². The molecule has 34 heavy (non-hydrogen) atoms. The molecule has 1 fully saturated rings. The molecule has 3 N–H and O–H groups in total. The van der Waals surface area contributed by atoms with E-state index in [9.17, 15) is 9.59 Å². The lowest BCUT2D eigenvalue weighted by atomic mass is 9.80. The van der Waals surface area contributed by atoms with E-state index in [0.717, 1.165) is 46.3 Å². The minimum atomic E-state index is -0.978. The summed E-state index contributed by atoms with van der Waals surface area (Å²) in [5.74, 6) is 0.623. The molecule has 0 bridgehead atoms. The number of aromatic amines is 1. The van der Waals surface area contributed by atoms with Crippen LogP contribution in [0.1, 0.15) is 44.0 Å². The number of hydrogen-bond donors (Lipinski definition) is 3. The van der Waals surface area contributed by atoms with Crippen molar-refractivity contribution in [2.75, 3.05) is 32.8 Å². The third kappa shape index (κ3) is 3.52. The van der Waals surface area contributed by atoms with Crippen LogP contribution in [-0.2, 0) is 11.2 Å². The van der Waals surface area contributed by atoms with Gasteiger partial charge in [-0.1, -0.05) is 18.2 Å². The number of allylic oxidation sites excluding steroid dienone is 2. The first-order chi connectivity index (χ1) is 16.5. The van der Waals surface area contributed by atoms with Crippen molar-refractivity contribution in [1.29, 1.82) is 0 Å². The smallest absolute Gasteiger partial charge is 0.328 e. The van der Waals surface area contributed by atoms with Crippen LogP contribution in [0.5, 0.6) is 5.75 Å². The maximum absolute atomic E-state index is 13.7. The number of aliphatic hydroxyl groups is 1. The van der Waals surface area contributed by atoms with Crippen LogP contribution in [0.2, 0.25) is 0 Å². The first-order valence-corrected chi connectivity index (χ1v) is 12.1. The van der Waals surface area contributed by atoms with Gasteiger partial charge < -0.3 is 20.1 Å². The number of aromatic nitrogens is 1. The van der Waals surface area contributed by atoms with Crippen molar-refractivity contribution in [2.45, 2.75) is 44.7 Å². The molecular weight excluding hydrogens is 432 g/mol. The number of nitrogens with one attached hydrogen (secondary N) is 2. The predicted molar refractivity (Wildman–Crippen MR) is 130 cm³/mol. The number of carbonyl (C=O) groups is 2. The first-order valence-electron chi connectivity index (χ1n) is 12.1. The zero-order chi connectivity index (χ0) is 23.9. The molecule has 8 nitrogen and oxygen atoms in total. The SMILES string of the molecule is CCOc1ccc2[nH]c3c(c2c1)C[C@@]1(C)C(=O)N(CCNCCO)C(=O)N1[C@@H]3C1=CCCC=C1. The molecule has 1 aromatic heterocycles. The van der Waals surface area contributed by atoms with Gasteiger partial charge in [-0.3, -0.25) is 14.6 Å². The van der Waals surface area contributed by atoms with Gasteiger partial charge in [-0.2, -0.15) is 0 Å². The molecule has 8 heteroatoms. The van der Waals surface area contributed by atoms with Gasteiger partial charge in [0.2, 0.25) is 0 Å². The lowest BCUT2D eigenvalue weighted by Gasteiger charge is -2.43. The number of aliphatic hydroxyl groups excluding tert-OH is 1. The van der Waals surface area contributed by atoms with Crippen molar-refractivity contribution in [2.24, 2.45) is 0 Å². The Morgan fingerprint density at radius 1 is 1.26 bits per heavy atom. The van der Waals surface area contributed by atoms with Crippen LogP contribution in [0.25, 0.3) is 10.9 Å². The fourth-order valence-corrected chi connectivity index (χ4v) is 5.52. The summed E-state index contributed by atoms with van der Waals surface area (Å²) < 4.78 is 5.75. The molecule has 1 saturated heterocycles. The number of rotatable bonds is 8. The number of carbonyl (C=O) groups excluding carboxylic acids is 2. The number of hydrogen-bond acceptors (Lipinski definition) is 5. The van der Waals surface area contributed by atoms with Crippen molar-refractivity contribution in [3.8, 4) is 5.75 Å². The molecule has 2 aliphatic heterocycles. The highest BCUT2D eigenvalue weighted by molar-refractivity contribution is 6.08. The standard InChI is InChI=1S/C26H32N4O4/c1-3-34-18-9-10-21-19(15-18)20-16-26(2)24(32)29(13-11-27-12-14-31)25(33)30(26)23(22(20)28-21)17-7-5-4-6-8-17/h5,7-10,15,23,27-28,31H,3-4,6,11-14,16H2,1-2H3/t23-,26+/m1/s1. The Labute approximate surface area is 199 Å². The van der Waals surface area contributed by atoms with E-state index in [0.29, 0.717) is 26.1 Å². The number of fused-ring (bicyclic) bond motifs is 4. The third-order valence-electron chi connectivity index (χ3n) is 7.09. The molecule has 1 aliphatic carbocycles. The Hall–Kier alpha value is -3.10. The Bertz CT molecular complexity index is 1180. The second kappa shape index (κ2) is 8.92. The Morgan fingerprint density at radius 3 is 2.85 bits per heavy atom. The molecule has 0 radical (unpaired) electrons. The van der Waals surface area contributed by atoms with Gasteiger partial charge in [-0.15, -0.1) is 0 Å². The average Bonchev–Trinajstić information content (AvgIpc) is 3.28. The summed E-state index contributed by atoms with van der Waals surface area (Å²) in [6.07, 6.45) is 8.73. The van der Waals surface area contributed by atoms with Crippen LogP contribution >= 0.6 is 0 Å². The van der Waals surface area contributed by atoms with Crippen LogP contribution in [0, 0.1) is 0 Å². The zero-order valence-corrected chi connectivity index (χ0v) is 19.8. The number of amides is 3. The third-order valence-corrected chi connectivity index (χ3v) is 7.09. The summed E-state index contributed by atoms with van der Waals surface area (Å²) in [6, 6.07) is 5.37. The summed E-state index contributed by atoms with van der Waals surface area (Å²) in [6.45, 7) is 5.59. The second-order valence-corrected chi connectivity index (χ2v) is 9.28. The molecule has 5 rings (SSSR count). The van der Waals surface area contributed by atoms with Crippen molar-refractivity contribution >= 4 is 22.8 Å². The second-order valence-electron chi connectivity index (χ2n) is 9.28. The first kappa shape index (κ1) is 22.7. The van der Waals surface area contributed by atoms with E-state index >= 15 is 0 Å². The van der Waals surface area contributed by atoms with Gasteiger partial charge in [0.05, 0.1) is 19.3 Å². The van der Waals surface area contributed by atoms with Crippen LogP contribution in [0.4, 0.5) is 4.79 Å². The van der Waals surface area contributed by atoms with Gasteiger partial charge in [0.15, 0.2) is 0 Å². The summed E-state index contributed by atoms with van der Waals surface area (Å²) in [4.78, 5) is 34.1. The molecule has 0 unspecified atom stereocenters. The molecule has 1 aromatic carbocycles. The lowest BCUT2D eigenvalue weighted by molar-refractivity contribution is -0.133. The Morgan fingerprint density at radius 2 is 2.12 bits per heavy atom. The topological polar surface area (TPSA) is 97.9 Å². The Kier molecular flexibility index (Phi) is 5.95. The normalized spacial score (nSPS) is 24.0. The van der Waals surface area contributed by atoms with Gasteiger partial charge >= 0.3 is 6.03 Å². The van der Waals surface area contributed by atoms with Crippen molar-refractivity contribution < 1.29 is 19.4 Å². The average molecular weight is 465 g/mol. The van der Waals surface area contributed by atoms with Gasteiger partial charge in [-0.05, 0) is 56.0 Å². The monoisotopic (exact) mass is 464 g/mol. The van der Waals surface area contributed by atoms with E-state index in [4.69, 9.17) is 9.84 Å². The van der Waals surface area contributed by atoms with E-state index in [-0.39, 0.29) is 31.1 Å². The number of ether oxygens (including phenoxy) is 1. The molecule has 3 aliphatic rings. The van der Waals surface area contributed by atoms with E-state index in [1.807, 2.05) is 32.0 Å². The number of H-pyrrole nitrogens is 1. The van der Waals surface area contributed by atoms with E-state index in [1.54, 1.807) is 4.90 Å². The summed E-state index contributed by atoms with van der Waals surface area (Å²) in [5, 5.41) is 13.1. The quantitative estimate of drug-likeness (QED) is 0.412.